The molecule has 108 valence electrons. The highest BCUT2D eigenvalue weighted by atomic mass is 35.5. The number of amides is 1. The third-order valence-corrected chi connectivity index (χ3v) is 4.42. The second-order valence-corrected chi connectivity index (χ2v) is 6.29. The number of nitrogens with two attached hydrogens (primary N) is 1. The van der Waals surface area contributed by atoms with Gasteiger partial charge in [-0.2, -0.15) is 0 Å². The van der Waals surface area contributed by atoms with Gasteiger partial charge in [-0.1, -0.05) is 29.8 Å². The van der Waals surface area contributed by atoms with E-state index in [2.05, 4.69) is 0 Å². The third-order valence-electron chi connectivity index (χ3n) is 4.05. The van der Waals surface area contributed by atoms with Crippen molar-refractivity contribution >= 4 is 28.9 Å². The first-order chi connectivity index (χ1) is 9.91. The Bertz CT molecular complexity index is 724. The van der Waals surface area contributed by atoms with Gasteiger partial charge in [0, 0.05) is 16.4 Å². The van der Waals surface area contributed by atoms with Gasteiger partial charge in [0.05, 0.1) is 12.0 Å². The molecule has 2 aromatic carbocycles. The summed E-state index contributed by atoms with van der Waals surface area (Å²) in [5.74, 6) is 0.0722. The van der Waals surface area contributed by atoms with E-state index >= 15 is 0 Å². The first kappa shape index (κ1) is 14.0. The number of carbonyl (C=O) groups is 1. The highest BCUT2D eigenvalue weighted by Crippen LogP contribution is 2.43. The maximum atomic E-state index is 12.8. The smallest absolute Gasteiger partial charge is 0.237 e. The van der Waals surface area contributed by atoms with Crippen LogP contribution in [0.3, 0.4) is 0 Å². The molecule has 4 heteroatoms. The highest BCUT2D eigenvalue weighted by Gasteiger charge is 2.43. The van der Waals surface area contributed by atoms with Gasteiger partial charge in [-0.15, -0.1) is 0 Å². The molecule has 0 fully saturated rings. The maximum absolute atomic E-state index is 12.8. The first-order valence-electron chi connectivity index (χ1n) is 6.86. The zero-order valence-electron chi connectivity index (χ0n) is 12.1. The molecule has 2 N–H and O–H groups in total. The molecule has 0 spiro atoms. The Morgan fingerprint density at radius 3 is 2.62 bits per heavy atom. The van der Waals surface area contributed by atoms with E-state index in [1.165, 1.54) is 0 Å². The van der Waals surface area contributed by atoms with Crippen LogP contribution in [0.25, 0.3) is 0 Å². The number of hydrogen-bond donors (Lipinski definition) is 1. The van der Waals surface area contributed by atoms with E-state index < -0.39 is 5.41 Å². The van der Waals surface area contributed by atoms with Crippen molar-refractivity contribution in [2.75, 3.05) is 10.6 Å². The Hall–Kier alpha value is -2.00. The van der Waals surface area contributed by atoms with Gasteiger partial charge in [-0.05, 0) is 49.2 Å². The lowest BCUT2D eigenvalue weighted by molar-refractivity contribution is -0.122. The van der Waals surface area contributed by atoms with Gasteiger partial charge in [0.1, 0.15) is 0 Å². The summed E-state index contributed by atoms with van der Waals surface area (Å²) in [6.45, 7) is 4.33. The van der Waals surface area contributed by atoms with Crippen LogP contribution in [0.15, 0.2) is 42.5 Å². The van der Waals surface area contributed by atoms with Gasteiger partial charge in [-0.25, -0.2) is 0 Å². The minimum absolute atomic E-state index is 0.0722. The van der Waals surface area contributed by atoms with Crippen molar-refractivity contribution in [2.24, 2.45) is 0 Å². The largest absolute Gasteiger partial charge is 0.399 e. The van der Waals surface area contributed by atoms with Gasteiger partial charge >= 0.3 is 0 Å². The van der Waals surface area contributed by atoms with E-state index in [-0.39, 0.29) is 5.91 Å². The molecule has 1 amide bonds. The van der Waals surface area contributed by atoms with Crippen molar-refractivity contribution in [1.82, 2.24) is 0 Å². The lowest BCUT2D eigenvalue weighted by atomic mass is 9.86. The van der Waals surface area contributed by atoms with Crippen molar-refractivity contribution in [3.05, 3.63) is 58.6 Å². The predicted octanol–water partition coefficient (Wildman–Crippen LogP) is 3.75. The van der Waals surface area contributed by atoms with Crippen molar-refractivity contribution in [3.8, 4) is 0 Å². The van der Waals surface area contributed by atoms with E-state index in [9.17, 15) is 4.79 Å². The summed E-state index contributed by atoms with van der Waals surface area (Å²) < 4.78 is 0. The molecule has 0 aliphatic carbocycles. The summed E-state index contributed by atoms with van der Waals surface area (Å²) in [4.78, 5) is 14.5. The van der Waals surface area contributed by atoms with Crippen LogP contribution in [0.1, 0.15) is 25.0 Å². The van der Waals surface area contributed by atoms with E-state index in [1.807, 2.05) is 56.3 Å². The second-order valence-electron chi connectivity index (χ2n) is 5.88. The van der Waals surface area contributed by atoms with Gasteiger partial charge in [0.2, 0.25) is 5.91 Å². The molecule has 1 aliphatic heterocycles. The van der Waals surface area contributed by atoms with E-state index in [0.717, 1.165) is 16.8 Å². The number of halogens is 1. The van der Waals surface area contributed by atoms with Crippen molar-refractivity contribution < 1.29 is 4.79 Å². The molecule has 0 saturated heterocycles. The molecular formula is C17H17ClN2O. The zero-order valence-corrected chi connectivity index (χ0v) is 12.8. The minimum Gasteiger partial charge on any atom is -0.399 e. The molecule has 0 aromatic heterocycles. The number of benzene rings is 2. The minimum atomic E-state index is -0.564. The van der Waals surface area contributed by atoms with Crippen molar-refractivity contribution in [3.63, 3.8) is 0 Å². The Kier molecular flexibility index (Phi) is 3.18. The summed E-state index contributed by atoms with van der Waals surface area (Å²) in [5.41, 5.74) is 8.81. The first-order valence-corrected chi connectivity index (χ1v) is 7.24. The van der Waals surface area contributed by atoms with Crippen molar-refractivity contribution in [1.29, 1.82) is 0 Å². The molecule has 1 heterocycles. The van der Waals surface area contributed by atoms with Gasteiger partial charge in [0.15, 0.2) is 0 Å². The standard InChI is InChI=1S/C17H17ClN2O/c1-17(2)13-9-12(19)7-8-15(13)20(16(17)21)10-11-5-3-4-6-14(11)18/h3-9H,10,19H2,1-2H3. The Morgan fingerprint density at radius 1 is 1.19 bits per heavy atom. The number of hydrogen-bond acceptors (Lipinski definition) is 2. The van der Waals surface area contributed by atoms with Crippen LogP contribution in [0.4, 0.5) is 11.4 Å². The topological polar surface area (TPSA) is 46.3 Å². The highest BCUT2D eigenvalue weighted by molar-refractivity contribution is 6.31. The molecule has 0 saturated carbocycles. The number of anilines is 2. The van der Waals surface area contributed by atoms with E-state index in [4.69, 9.17) is 17.3 Å². The fraction of sp³-hybridized carbons (Fsp3) is 0.235. The zero-order chi connectivity index (χ0) is 15.2. The number of nitrogen functional groups attached to an aromatic ring is 1. The molecule has 0 unspecified atom stereocenters. The van der Waals surface area contributed by atoms with E-state index in [1.54, 1.807) is 4.90 Å². The molecule has 0 atom stereocenters. The fourth-order valence-corrected chi connectivity index (χ4v) is 3.00. The second kappa shape index (κ2) is 4.78. The molecule has 2 aromatic rings. The number of rotatable bonds is 2. The van der Waals surface area contributed by atoms with Crippen LogP contribution in [-0.2, 0) is 16.8 Å². The SMILES string of the molecule is CC1(C)C(=O)N(Cc2ccccc2Cl)c2ccc(N)cc21. The van der Waals surface area contributed by atoms with Crippen LogP contribution in [-0.4, -0.2) is 5.91 Å². The molecule has 3 rings (SSSR count). The predicted molar refractivity (Wildman–Crippen MR) is 86.5 cm³/mol. The van der Waals surface area contributed by atoms with Gasteiger partial charge in [0.25, 0.3) is 0 Å². The fourth-order valence-electron chi connectivity index (χ4n) is 2.81. The number of fused-ring (bicyclic) bond motifs is 1. The Morgan fingerprint density at radius 2 is 1.90 bits per heavy atom. The Balaban J connectivity index is 2.05. The molecule has 21 heavy (non-hydrogen) atoms. The molecule has 0 bridgehead atoms. The molecule has 3 nitrogen and oxygen atoms in total. The number of nitrogens with zero attached hydrogens (tertiary/aromatic N) is 1. The number of carbonyl (C=O) groups excluding carboxylic acids is 1. The monoisotopic (exact) mass is 300 g/mol. The van der Waals surface area contributed by atoms with Crippen molar-refractivity contribution in [2.45, 2.75) is 25.8 Å². The van der Waals surface area contributed by atoms with E-state index in [0.29, 0.717) is 17.3 Å². The molecule has 0 radical (unpaired) electrons. The third kappa shape index (κ3) is 2.18. The lowest BCUT2D eigenvalue weighted by Gasteiger charge is -2.21. The van der Waals surface area contributed by atoms with Gasteiger partial charge < -0.3 is 10.6 Å². The van der Waals surface area contributed by atoms with Crippen LogP contribution in [0.2, 0.25) is 5.02 Å². The molecule has 1 aliphatic rings. The normalized spacial score (nSPS) is 16.1. The summed E-state index contributed by atoms with van der Waals surface area (Å²) in [5, 5.41) is 0.673. The summed E-state index contributed by atoms with van der Waals surface area (Å²) in [7, 11) is 0. The lowest BCUT2D eigenvalue weighted by Crippen LogP contribution is -2.35. The van der Waals surface area contributed by atoms with Crippen LogP contribution >= 0.6 is 11.6 Å². The van der Waals surface area contributed by atoms with Crippen LogP contribution in [0, 0.1) is 0 Å². The van der Waals surface area contributed by atoms with Crippen LogP contribution in [0.5, 0.6) is 0 Å². The average molecular weight is 301 g/mol. The van der Waals surface area contributed by atoms with Gasteiger partial charge in [-0.3, -0.25) is 4.79 Å². The maximum Gasteiger partial charge on any atom is 0.237 e. The molecular weight excluding hydrogens is 284 g/mol. The van der Waals surface area contributed by atoms with Crippen LogP contribution < -0.4 is 10.6 Å². The summed E-state index contributed by atoms with van der Waals surface area (Å²) in [6.07, 6.45) is 0. The summed E-state index contributed by atoms with van der Waals surface area (Å²) >= 11 is 6.22. The quantitative estimate of drug-likeness (QED) is 0.859. The Labute approximate surface area is 129 Å². The summed E-state index contributed by atoms with van der Waals surface area (Å²) in [6, 6.07) is 13.2. The average Bonchev–Trinajstić information content (AvgIpc) is 2.63.